The first-order valence-electron chi connectivity index (χ1n) is 8.80. The number of aromatic nitrogens is 3. The van der Waals surface area contributed by atoms with E-state index in [2.05, 4.69) is 24.8 Å². The lowest BCUT2D eigenvalue weighted by molar-refractivity contribution is 0.0999. The average molecular weight is 360 g/mol. The van der Waals surface area contributed by atoms with Gasteiger partial charge < -0.3 is 15.5 Å². The Morgan fingerprint density at radius 2 is 1.81 bits per heavy atom. The fourth-order valence-electron chi connectivity index (χ4n) is 3.56. The number of hydrogen-bond acceptors (Lipinski definition) is 6. The number of benzene rings is 1. The number of amides is 1. The largest absolute Gasteiger partial charge is 0.367 e. The summed E-state index contributed by atoms with van der Waals surface area (Å²) in [6.07, 6.45) is 8.67. The van der Waals surface area contributed by atoms with Crippen molar-refractivity contribution in [3.63, 3.8) is 0 Å². The Bertz CT molecular complexity index is 918. The summed E-state index contributed by atoms with van der Waals surface area (Å²) >= 11 is 0. The number of nitrogens with two attached hydrogens (primary N) is 1. The van der Waals surface area contributed by atoms with Crippen molar-refractivity contribution < 1.29 is 4.79 Å². The third-order valence-electron chi connectivity index (χ3n) is 4.84. The number of carbonyl (C=O) groups is 1. The number of anilines is 2. The molecule has 1 aliphatic heterocycles. The molecule has 0 saturated carbocycles. The summed E-state index contributed by atoms with van der Waals surface area (Å²) in [6, 6.07) is 11.4. The first-order valence-corrected chi connectivity index (χ1v) is 8.80. The highest BCUT2D eigenvalue weighted by Gasteiger charge is 2.31. The van der Waals surface area contributed by atoms with Crippen LogP contribution in [0.1, 0.15) is 22.0 Å². The maximum absolute atomic E-state index is 12.0. The highest BCUT2D eigenvalue weighted by atomic mass is 16.1. The fourth-order valence-corrected chi connectivity index (χ4v) is 3.56. The molecule has 2 N–H and O–H groups in total. The summed E-state index contributed by atoms with van der Waals surface area (Å²) in [7, 11) is 0. The zero-order chi connectivity index (χ0) is 18.6. The molecule has 3 aromatic rings. The summed E-state index contributed by atoms with van der Waals surface area (Å²) in [5.41, 5.74) is 8.18. The van der Waals surface area contributed by atoms with Crippen molar-refractivity contribution in [1.29, 1.82) is 0 Å². The van der Waals surface area contributed by atoms with E-state index in [0.717, 1.165) is 30.2 Å². The fraction of sp³-hybridized carbons (Fsp3) is 0.200. The van der Waals surface area contributed by atoms with Crippen LogP contribution in [0.4, 0.5) is 11.5 Å². The topological polar surface area (TPSA) is 88.2 Å². The van der Waals surface area contributed by atoms with Crippen LogP contribution in [0.3, 0.4) is 0 Å². The molecule has 27 heavy (non-hydrogen) atoms. The van der Waals surface area contributed by atoms with Gasteiger partial charge in [0, 0.05) is 55.7 Å². The molecular weight excluding hydrogens is 340 g/mol. The van der Waals surface area contributed by atoms with E-state index in [1.54, 1.807) is 37.1 Å². The summed E-state index contributed by atoms with van der Waals surface area (Å²) in [4.78, 5) is 29.3. The van der Waals surface area contributed by atoms with Crippen molar-refractivity contribution in [1.82, 2.24) is 15.0 Å². The van der Waals surface area contributed by atoms with E-state index in [4.69, 9.17) is 5.73 Å². The van der Waals surface area contributed by atoms with Crippen molar-refractivity contribution in [3.8, 4) is 0 Å². The number of piperazine rings is 1. The number of primary amides is 1. The van der Waals surface area contributed by atoms with Crippen LogP contribution < -0.4 is 15.5 Å². The Labute approximate surface area is 157 Å². The summed E-state index contributed by atoms with van der Waals surface area (Å²) < 4.78 is 0. The maximum Gasteiger partial charge on any atom is 0.249 e. The molecule has 0 radical (unpaired) electrons. The third kappa shape index (κ3) is 3.44. The van der Waals surface area contributed by atoms with Crippen LogP contribution in [0.2, 0.25) is 0 Å². The van der Waals surface area contributed by atoms with Crippen LogP contribution in [0, 0.1) is 0 Å². The molecule has 1 amide bonds. The average Bonchev–Trinajstić information content (AvgIpc) is 2.74. The van der Waals surface area contributed by atoms with E-state index >= 15 is 0 Å². The van der Waals surface area contributed by atoms with E-state index in [9.17, 15) is 4.79 Å². The first kappa shape index (κ1) is 17.0. The highest BCUT2D eigenvalue weighted by Crippen LogP contribution is 2.32. The number of carbonyl (C=O) groups excluding carboxylic acids is 1. The lowest BCUT2D eigenvalue weighted by Gasteiger charge is -2.43. The van der Waals surface area contributed by atoms with Crippen LogP contribution >= 0.6 is 0 Å². The summed E-state index contributed by atoms with van der Waals surface area (Å²) in [5.74, 6) is 0.363. The molecule has 2 aromatic heterocycles. The molecule has 1 unspecified atom stereocenters. The molecule has 1 atom stereocenters. The Hall–Kier alpha value is -3.48. The SMILES string of the molecule is NC(=O)c1ccccc1C1CN(c2ccncc2)CCN1c1cnccn1. The van der Waals surface area contributed by atoms with Gasteiger partial charge in [-0.3, -0.25) is 14.8 Å². The quantitative estimate of drug-likeness (QED) is 0.766. The molecule has 0 spiro atoms. The minimum atomic E-state index is -0.425. The Kier molecular flexibility index (Phi) is 4.65. The molecule has 4 rings (SSSR count). The van der Waals surface area contributed by atoms with Gasteiger partial charge in [-0.2, -0.15) is 0 Å². The van der Waals surface area contributed by atoms with Crippen LogP contribution in [-0.4, -0.2) is 40.5 Å². The van der Waals surface area contributed by atoms with Crippen LogP contribution in [0.25, 0.3) is 0 Å². The zero-order valence-corrected chi connectivity index (χ0v) is 14.8. The predicted molar refractivity (Wildman–Crippen MR) is 104 cm³/mol. The second kappa shape index (κ2) is 7.41. The standard InChI is InChI=1S/C20H20N6O/c21-20(27)17-4-2-1-3-16(17)18-14-25(15-5-7-22-8-6-15)11-12-26(18)19-13-23-9-10-24-19/h1-10,13,18H,11-12,14H2,(H2,21,27). The van der Waals surface area contributed by atoms with Gasteiger partial charge in [0.15, 0.2) is 0 Å². The lowest BCUT2D eigenvalue weighted by atomic mass is 9.96. The molecule has 7 nitrogen and oxygen atoms in total. The molecule has 1 aromatic carbocycles. The summed E-state index contributed by atoms with van der Waals surface area (Å²) in [6.45, 7) is 2.28. The molecule has 0 bridgehead atoms. The van der Waals surface area contributed by atoms with Crippen LogP contribution in [0.5, 0.6) is 0 Å². The number of pyridine rings is 1. The van der Waals surface area contributed by atoms with E-state index in [1.807, 2.05) is 30.3 Å². The van der Waals surface area contributed by atoms with Crippen molar-refractivity contribution in [2.24, 2.45) is 5.73 Å². The number of hydrogen-bond donors (Lipinski definition) is 1. The van der Waals surface area contributed by atoms with E-state index in [1.165, 1.54) is 0 Å². The van der Waals surface area contributed by atoms with Crippen LogP contribution in [0.15, 0.2) is 67.4 Å². The predicted octanol–water partition coefficient (Wildman–Crippen LogP) is 2.04. The normalized spacial score (nSPS) is 17.0. The lowest BCUT2D eigenvalue weighted by Crippen LogP contribution is -2.49. The van der Waals surface area contributed by atoms with Gasteiger partial charge in [0.25, 0.3) is 0 Å². The molecule has 1 aliphatic rings. The summed E-state index contributed by atoms with van der Waals surface area (Å²) in [5, 5.41) is 0. The van der Waals surface area contributed by atoms with Gasteiger partial charge in [0.2, 0.25) is 5.91 Å². The van der Waals surface area contributed by atoms with E-state index in [-0.39, 0.29) is 6.04 Å². The molecule has 7 heteroatoms. The molecule has 1 saturated heterocycles. The Morgan fingerprint density at radius 3 is 2.56 bits per heavy atom. The molecule has 1 fully saturated rings. The van der Waals surface area contributed by atoms with Gasteiger partial charge >= 0.3 is 0 Å². The van der Waals surface area contributed by atoms with Gasteiger partial charge in [-0.1, -0.05) is 18.2 Å². The maximum atomic E-state index is 12.0. The van der Waals surface area contributed by atoms with Crippen molar-refractivity contribution in [3.05, 3.63) is 78.5 Å². The van der Waals surface area contributed by atoms with Gasteiger partial charge in [-0.25, -0.2) is 4.98 Å². The smallest absolute Gasteiger partial charge is 0.249 e. The second-order valence-electron chi connectivity index (χ2n) is 6.38. The monoisotopic (exact) mass is 360 g/mol. The number of rotatable bonds is 4. The van der Waals surface area contributed by atoms with E-state index < -0.39 is 5.91 Å². The Balaban J connectivity index is 1.75. The van der Waals surface area contributed by atoms with Gasteiger partial charge in [-0.05, 0) is 23.8 Å². The minimum Gasteiger partial charge on any atom is -0.367 e. The highest BCUT2D eigenvalue weighted by molar-refractivity contribution is 5.94. The molecular formula is C20H20N6O. The van der Waals surface area contributed by atoms with Crippen molar-refractivity contribution >= 4 is 17.4 Å². The van der Waals surface area contributed by atoms with Crippen molar-refractivity contribution in [2.45, 2.75) is 6.04 Å². The van der Waals surface area contributed by atoms with E-state index in [0.29, 0.717) is 12.1 Å². The second-order valence-corrected chi connectivity index (χ2v) is 6.38. The van der Waals surface area contributed by atoms with Crippen LogP contribution in [-0.2, 0) is 0 Å². The minimum absolute atomic E-state index is 0.0766. The zero-order valence-electron chi connectivity index (χ0n) is 14.8. The first-order chi connectivity index (χ1) is 13.2. The molecule has 0 aliphatic carbocycles. The third-order valence-corrected chi connectivity index (χ3v) is 4.84. The van der Waals surface area contributed by atoms with Crippen molar-refractivity contribution in [2.75, 3.05) is 29.4 Å². The molecule has 136 valence electrons. The van der Waals surface area contributed by atoms with Gasteiger partial charge in [0.05, 0.1) is 12.2 Å². The van der Waals surface area contributed by atoms with Gasteiger partial charge in [-0.15, -0.1) is 0 Å². The number of nitrogens with zero attached hydrogens (tertiary/aromatic N) is 5. The Morgan fingerprint density at radius 1 is 1.00 bits per heavy atom. The molecule has 3 heterocycles. The van der Waals surface area contributed by atoms with Gasteiger partial charge in [0.1, 0.15) is 5.82 Å².